The van der Waals surface area contributed by atoms with Crippen LogP contribution in [0.4, 0.5) is 5.82 Å². The summed E-state index contributed by atoms with van der Waals surface area (Å²) < 4.78 is 30.5. The highest BCUT2D eigenvalue weighted by Gasteiger charge is 2.31. The molecule has 0 bridgehead atoms. The van der Waals surface area contributed by atoms with Crippen LogP contribution in [0.5, 0.6) is 5.88 Å². The van der Waals surface area contributed by atoms with Crippen molar-refractivity contribution < 1.29 is 38.1 Å². The summed E-state index contributed by atoms with van der Waals surface area (Å²) >= 11 is 1.04. The van der Waals surface area contributed by atoms with Gasteiger partial charge < -0.3 is 28.7 Å². The lowest BCUT2D eigenvalue weighted by Crippen LogP contribution is -2.48. The summed E-state index contributed by atoms with van der Waals surface area (Å²) in [5.41, 5.74) is -0.482. The zero-order chi connectivity index (χ0) is 29.2. The maximum absolute atomic E-state index is 13.1. The van der Waals surface area contributed by atoms with E-state index in [1.807, 2.05) is 32.6 Å². The second-order valence-electron chi connectivity index (χ2n) is 10.6. The quantitative estimate of drug-likeness (QED) is 0.305. The Hall–Kier alpha value is -2.80. The van der Waals surface area contributed by atoms with Gasteiger partial charge in [0.2, 0.25) is 11.7 Å². The van der Waals surface area contributed by atoms with E-state index in [1.165, 1.54) is 20.8 Å². The topological polar surface area (TPSA) is 137 Å². The zero-order valence-electron chi connectivity index (χ0n) is 24.1. The normalized spacial score (nSPS) is 16.1. The van der Waals surface area contributed by atoms with Crippen molar-refractivity contribution in [1.29, 1.82) is 0 Å². The number of anilines is 1. The molecular weight excluding hydrogens is 528 g/mol. The van der Waals surface area contributed by atoms with Crippen molar-refractivity contribution in [3.63, 3.8) is 0 Å². The summed E-state index contributed by atoms with van der Waals surface area (Å²) in [5, 5.41) is 0. The van der Waals surface area contributed by atoms with Crippen LogP contribution in [0.2, 0.25) is 0 Å². The summed E-state index contributed by atoms with van der Waals surface area (Å²) in [6.45, 7) is 14.8. The molecule has 1 aromatic heterocycles. The van der Waals surface area contributed by atoms with Gasteiger partial charge >= 0.3 is 11.9 Å². The van der Waals surface area contributed by atoms with E-state index in [9.17, 15) is 19.2 Å². The van der Waals surface area contributed by atoms with Crippen molar-refractivity contribution in [3.05, 3.63) is 0 Å². The van der Waals surface area contributed by atoms with Crippen LogP contribution < -0.4 is 9.64 Å². The van der Waals surface area contributed by atoms with Gasteiger partial charge in [-0.25, -0.2) is 4.79 Å². The van der Waals surface area contributed by atoms with Crippen LogP contribution in [0.3, 0.4) is 0 Å². The van der Waals surface area contributed by atoms with E-state index in [2.05, 4.69) is 8.75 Å². The first kappa shape index (κ1) is 32.4. The lowest BCUT2D eigenvalue weighted by molar-refractivity contribution is -0.171. The highest BCUT2D eigenvalue weighted by Crippen LogP contribution is 2.28. The molecule has 0 unspecified atom stereocenters. The predicted octanol–water partition coefficient (Wildman–Crippen LogP) is 2.64. The molecule has 0 spiro atoms. The summed E-state index contributed by atoms with van der Waals surface area (Å²) in [6, 6.07) is 0. The average Bonchev–Trinajstić information content (AvgIpc) is 3.33. The number of ether oxygens (including phenoxy) is 4. The minimum Gasteiger partial charge on any atom is -0.474 e. The van der Waals surface area contributed by atoms with E-state index in [0.29, 0.717) is 44.4 Å². The molecule has 1 saturated heterocycles. The Labute approximate surface area is 234 Å². The molecule has 0 aliphatic carbocycles. The lowest BCUT2D eigenvalue weighted by Gasteiger charge is -2.37. The molecule has 2 heterocycles. The molecule has 39 heavy (non-hydrogen) atoms. The summed E-state index contributed by atoms with van der Waals surface area (Å²) in [5.74, 6) is -1.19. The molecular formula is C26H42N4O8S. The van der Waals surface area contributed by atoms with Crippen LogP contribution in [0, 0.1) is 5.92 Å². The molecule has 3 atom stereocenters. The second-order valence-corrected chi connectivity index (χ2v) is 11.1. The van der Waals surface area contributed by atoms with Crippen LogP contribution in [0.1, 0.15) is 67.7 Å². The molecule has 13 heteroatoms. The van der Waals surface area contributed by atoms with Gasteiger partial charge in [-0.15, -0.1) is 4.37 Å². The number of carbonyl (C=O) groups is 4. The third-order valence-corrected chi connectivity index (χ3v) is 6.67. The number of amides is 1. The zero-order valence-corrected chi connectivity index (χ0v) is 24.9. The molecule has 1 amide bonds. The highest BCUT2D eigenvalue weighted by atomic mass is 32.1. The average molecular weight is 571 g/mol. The first-order valence-electron chi connectivity index (χ1n) is 13.3. The van der Waals surface area contributed by atoms with Gasteiger partial charge in [0.1, 0.15) is 0 Å². The third kappa shape index (κ3) is 10.4. The van der Waals surface area contributed by atoms with Crippen molar-refractivity contribution in [2.45, 2.75) is 85.5 Å². The maximum atomic E-state index is 13.1. The highest BCUT2D eigenvalue weighted by molar-refractivity contribution is 6.99. The van der Waals surface area contributed by atoms with Crippen LogP contribution >= 0.6 is 11.7 Å². The number of aromatic nitrogens is 2. The van der Waals surface area contributed by atoms with Gasteiger partial charge in [0, 0.05) is 50.9 Å². The SMILES string of the molecule is CCCC(=O)O[C@@H](C)C(=O)O[C@@H](C)C(=O)C[C@H](COc1nsnc1N1CCOCC1)CN(C(C)=O)C(C)(C)C. The molecule has 1 fully saturated rings. The first-order chi connectivity index (χ1) is 18.3. The summed E-state index contributed by atoms with van der Waals surface area (Å²) in [6.07, 6.45) is -1.42. The Morgan fingerprint density at radius 3 is 2.33 bits per heavy atom. The smallest absolute Gasteiger partial charge is 0.347 e. The largest absolute Gasteiger partial charge is 0.474 e. The van der Waals surface area contributed by atoms with Gasteiger partial charge in [-0.05, 0) is 41.0 Å². The number of hydrogen-bond donors (Lipinski definition) is 0. The van der Waals surface area contributed by atoms with Crippen LogP contribution in [0.25, 0.3) is 0 Å². The van der Waals surface area contributed by atoms with Crippen LogP contribution in [-0.2, 0) is 33.4 Å². The van der Waals surface area contributed by atoms with Crippen molar-refractivity contribution in [1.82, 2.24) is 13.6 Å². The molecule has 0 aromatic carbocycles. The van der Waals surface area contributed by atoms with Crippen LogP contribution in [0.15, 0.2) is 0 Å². The molecule has 0 N–H and O–H groups in total. The van der Waals surface area contributed by atoms with Gasteiger partial charge in [0.25, 0.3) is 5.88 Å². The Kier molecular flexibility index (Phi) is 12.6. The molecule has 0 radical (unpaired) electrons. The Bertz CT molecular complexity index is 973. The second kappa shape index (κ2) is 15.1. The van der Waals surface area contributed by atoms with Gasteiger partial charge in [-0.1, -0.05) is 6.92 Å². The molecule has 0 saturated carbocycles. The fourth-order valence-electron chi connectivity index (χ4n) is 4.04. The Morgan fingerprint density at radius 2 is 1.74 bits per heavy atom. The Balaban J connectivity index is 2.10. The number of esters is 2. The number of hydrogen-bond acceptors (Lipinski definition) is 12. The fraction of sp³-hybridized carbons (Fsp3) is 0.769. The molecule has 1 aliphatic heterocycles. The molecule has 2 rings (SSSR count). The van der Waals surface area contributed by atoms with Gasteiger partial charge in [-0.3, -0.25) is 14.4 Å². The first-order valence-corrected chi connectivity index (χ1v) is 14.0. The molecule has 220 valence electrons. The van der Waals surface area contributed by atoms with Crippen LogP contribution in [-0.4, -0.2) is 94.5 Å². The number of morpholine rings is 1. The number of rotatable bonds is 14. The molecule has 1 aromatic rings. The van der Waals surface area contributed by atoms with E-state index in [4.69, 9.17) is 18.9 Å². The fourth-order valence-corrected chi connectivity index (χ4v) is 4.56. The van der Waals surface area contributed by atoms with E-state index in [1.54, 1.807) is 4.90 Å². The minimum atomic E-state index is -1.12. The number of carbonyl (C=O) groups excluding carboxylic acids is 4. The Morgan fingerprint density at radius 1 is 1.08 bits per heavy atom. The van der Waals surface area contributed by atoms with Crippen molar-refractivity contribution in [3.8, 4) is 5.88 Å². The minimum absolute atomic E-state index is 0.0111. The van der Waals surface area contributed by atoms with Crippen molar-refractivity contribution in [2.75, 3.05) is 44.4 Å². The van der Waals surface area contributed by atoms with Crippen molar-refractivity contribution >= 4 is 41.2 Å². The number of Topliss-reactive ketones (excluding diaryl/α,β-unsaturated/α-hetero) is 1. The van der Waals surface area contributed by atoms with Crippen molar-refractivity contribution in [2.24, 2.45) is 5.92 Å². The van der Waals surface area contributed by atoms with E-state index in [-0.39, 0.29) is 37.7 Å². The van der Waals surface area contributed by atoms with Gasteiger partial charge in [0.15, 0.2) is 18.0 Å². The summed E-state index contributed by atoms with van der Waals surface area (Å²) in [7, 11) is 0. The number of nitrogens with zero attached hydrogens (tertiary/aromatic N) is 4. The molecule has 1 aliphatic rings. The van der Waals surface area contributed by atoms with E-state index >= 15 is 0 Å². The van der Waals surface area contributed by atoms with Gasteiger partial charge in [0.05, 0.1) is 31.5 Å². The third-order valence-electron chi connectivity index (χ3n) is 6.17. The molecule has 12 nitrogen and oxygen atoms in total. The standard InChI is InChI=1S/C26H42N4O8S/c1-8-9-22(33)37-18(3)25(34)38-17(2)21(32)14-20(15-30(19(4)31)26(5,6)7)16-36-24-23(27-39-28-24)29-10-12-35-13-11-29/h17-18,20H,8-16H2,1-7H3/t17-,18-,20-/m0/s1. The predicted molar refractivity (Wildman–Crippen MR) is 145 cm³/mol. The lowest BCUT2D eigenvalue weighted by atomic mass is 9.97. The number of ketones is 1. The monoisotopic (exact) mass is 570 g/mol. The van der Waals surface area contributed by atoms with E-state index < -0.39 is 35.6 Å². The summed E-state index contributed by atoms with van der Waals surface area (Å²) in [4.78, 5) is 53.4. The van der Waals surface area contributed by atoms with E-state index in [0.717, 1.165) is 11.7 Å². The van der Waals surface area contributed by atoms with Gasteiger partial charge in [-0.2, -0.15) is 4.37 Å². The maximum Gasteiger partial charge on any atom is 0.347 e.